The minimum Gasteiger partial charge on any atom is -0.378 e. The van der Waals surface area contributed by atoms with E-state index in [0.29, 0.717) is 37.3 Å². The lowest BCUT2D eigenvalue weighted by molar-refractivity contribution is -0.138. The van der Waals surface area contributed by atoms with Gasteiger partial charge in [-0.2, -0.15) is 23.5 Å². The topological polar surface area (TPSA) is 127 Å². The zero-order chi connectivity index (χ0) is 27.8. The van der Waals surface area contributed by atoms with E-state index in [-0.39, 0.29) is 25.5 Å². The normalized spacial score (nSPS) is 14.5. The average Bonchev–Trinajstić information content (AvgIpc) is 2.94. The maximum absolute atomic E-state index is 13.5. The number of alkyl halides is 3. The van der Waals surface area contributed by atoms with Crippen molar-refractivity contribution in [1.29, 1.82) is 5.26 Å². The van der Waals surface area contributed by atoms with E-state index < -0.39 is 29.0 Å². The van der Waals surface area contributed by atoms with Crippen LogP contribution >= 0.6 is 0 Å². The van der Waals surface area contributed by atoms with Crippen LogP contribution in [-0.4, -0.2) is 65.4 Å². The molecule has 2 aromatic heterocycles. The van der Waals surface area contributed by atoms with Gasteiger partial charge in [-0.05, 0) is 17.7 Å². The molecule has 1 aromatic carbocycles. The van der Waals surface area contributed by atoms with Crippen molar-refractivity contribution in [2.75, 3.05) is 49.6 Å². The zero-order valence-corrected chi connectivity index (χ0v) is 20.8. The van der Waals surface area contributed by atoms with Gasteiger partial charge in [0.05, 0.1) is 43.1 Å². The van der Waals surface area contributed by atoms with Gasteiger partial charge >= 0.3 is 6.18 Å². The minimum absolute atomic E-state index is 0.0421. The third kappa shape index (κ3) is 7.11. The van der Waals surface area contributed by atoms with Crippen molar-refractivity contribution in [2.24, 2.45) is 0 Å². The Kier molecular flexibility index (Phi) is 8.77. The maximum Gasteiger partial charge on any atom is 0.423 e. The number of hydrogen-bond acceptors (Lipinski definition) is 8. The Balaban J connectivity index is 1.31. The van der Waals surface area contributed by atoms with Crippen molar-refractivity contribution < 1.29 is 22.7 Å². The summed E-state index contributed by atoms with van der Waals surface area (Å²) in [6, 6.07) is 13.5. The lowest BCUT2D eigenvalue weighted by atomic mass is 10.1. The molecule has 0 unspecified atom stereocenters. The Morgan fingerprint density at radius 1 is 1.13 bits per heavy atom. The predicted octanol–water partition coefficient (Wildman–Crippen LogP) is 2.96. The van der Waals surface area contributed by atoms with Crippen molar-refractivity contribution in [3.8, 4) is 6.07 Å². The van der Waals surface area contributed by atoms with Crippen molar-refractivity contribution in [3.63, 3.8) is 0 Å². The number of nitrogens with one attached hydrogen (secondary N) is 2. The van der Waals surface area contributed by atoms with Gasteiger partial charge in [-0.1, -0.05) is 30.3 Å². The molecule has 1 amide bonds. The van der Waals surface area contributed by atoms with Crippen LogP contribution in [0, 0.1) is 11.3 Å². The highest BCUT2D eigenvalue weighted by atomic mass is 19.4. The minimum atomic E-state index is -4.88. The van der Waals surface area contributed by atoms with Gasteiger partial charge in [-0.15, -0.1) is 0 Å². The molecule has 0 aliphatic carbocycles. The van der Waals surface area contributed by atoms with E-state index >= 15 is 0 Å². The largest absolute Gasteiger partial charge is 0.423 e. The molecule has 10 nitrogen and oxygen atoms in total. The number of aromatic amines is 1. The second-order valence-corrected chi connectivity index (χ2v) is 8.80. The van der Waals surface area contributed by atoms with Crippen molar-refractivity contribution in [1.82, 2.24) is 20.1 Å². The average molecular weight is 542 g/mol. The molecule has 1 aliphatic heterocycles. The van der Waals surface area contributed by atoms with Crippen LogP contribution in [0.3, 0.4) is 0 Å². The molecule has 1 aliphatic rings. The number of piperazine rings is 1. The highest BCUT2D eigenvalue weighted by molar-refractivity contribution is 5.76. The highest BCUT2D eigenvalue weighted by Gasteiger charge is 2.38. The lowest BCUT2D eigenvalue weighted by Gasteiger charge is -2.35. The number of amides is 1. The highest BCUT2D eigenvalue weighted by Crippen LogP contribution is 2.33. The number of hydrogen-bond donors (Lipinski definition) is 2. The summed E-state index contributed by atoms with van der Waals surface area (Å²) < 4.78 is 46.2. The van der Waals surface area contributed by atoms with Crippen LogP contribution in [0.2, 0.25) is 0 Å². The van der Waals surface area contributed by atoms with Gasteiger partial charge in [-0.25, -0.2) is 10.1 Å². The number of halogens is 3. The summed E-state index contributed by atoms with van der Waals surface area (Å²) in [7, 11) is 0. The number of carbonyl (C=O) groups excluding carboxylic acids is 1. The summed E-state index contributed by atoms with van der Waals surface area (Å²) in [6.45, 7) is 2.23. The van der Waals surface area contributed by atoms with Gasteiger partial charge < -0.3 is 19.9 Å². The van der Waals surface area contributed by atoms with E-state index in [1.807, 2.05) is 16.1 Å². The molecular formula is C26H26F3N7O3. The van der Waals surface area contributed by atoms with E-state index in [0.717, 1.165) is 12.0 Å². The fraction of sp³-hybridized carbons (Fsp3) is 0.346. The van der Waals surface area contributed by atoms with E-state index in [1.54, 1.807) is 47.4 Å². The van der Waals surface area contributed by atoms with Gasteiger partial charge in [0.15, 0.2) is 0 Å². The van der Waals surface area contributed by atoms with Gasteiger partial charge in [0.2, 0.25) is 5.91 Å². The maximum atomic E-state index is 13.5. The number of carbonyl (C=O) groups is 1. The molecule has 204 valence electrons. The quantitative estimate of drug-likeness (QED) is 0.396. The SMILES string of the molecule is N#Cc1ccc(N2CCN(C(=O)CCOC[C@H](Nc3cn[nH]c(=O)c3C(F)(F)F)c3ccccc3)CC2)nc1. The van der Waals surface area contributed by atoms with Crippen LogP contribution in [0.25, 0.3) is 0 Å². The number of anilines is 2. The van der Waals surface area contributed by atoms with Crippen molar-refractivity contribution in [2.45, 2.75) is 18.6 Å². The summed E-state index contributed by atoms with van der Waals surface area (Å²) in [5.74, 6) is 0.651. The van der Waals surface area contributed by atoms with E-state index in [1.165, 1.54) is 6.20 Å². The number of ether oxygens (including phenoxy) is 1. The first-order valence-corrected chi connectivity index (χ1v) is 12.2. The fourth-order valence-corrected chi connectivity index (χ4v) is 4.23. The van der Waals surface area contributed by atoms with Crippen LogP contribution in [0.4, 0.5) is 24.7 Å². The number of aromatic nitrogens is 3. The number of H-pyrrole nitrogens is 1. The molecule has 0 bridgehead atoms. The molecular weight excluding hydrogens is 515 g/mol. The van der Waals surface area contributed by atoms with E-state index in [2.05, 4.69) is 15.4 Å². The summed E-state index contributed by atoms with van der Waals surface area (Å²) >= 11 is 0. The molecule has 1 saturated heterocycles. The molecule has 3 aromatic rings. The van der Waals surface area contributed by atoms with Crippen molar-refractivity contribution in [3.05, 3.63) is 81.9 Å². The molecule has 2 N–H and O–H groups in total. The van der Waals surface area contributed by atoms with Gasteiger partial charge in [-0.3, -0.25) is 9.59 Å². The Bertz CT molecular complexity index is 1350. The van der Waals surface area contributed by atoms with Gasteiger partial charge in [0.1, 0.15) is 17.5 Å². The third-order valence-corrected chi connectivity index (χ3v) is 6.25. The van der Waals surface area contributed by atoms with Gasteiger partial charge in [0, 0.05) is 32.4 Å². The monoisotopic (exact) mass is 541 g/mol. The van der Waals surface area contributed by atoms with Crippen LogP contribution in [-0.2, 0) is 15.7 Å². The smallest absolute Gasteiger partial charge is 0.378 e. The number of rotatable bonds is 9. The lowest BCUT2D eigenvalue weighted by Crippen LogP contribution is -2.49. The molecule has 3 heterocycles. The molecule has 0 saturated carbocycles. The molecule has 4 rings (SSSR count). The molecule has 13 heteroatoms. The Labute approximate surface area is 222 Å². The zero-order valence-electron chi connectivity index (χ0n) is 20.8. The Morgan fingerprint density at radius 2 is 1.87 bits per heavy atom. The first kappa shape index (κ1) is 27.6. The van der Waals surface area contributed by atoms with Crippen LogP contribution in [0.1, 0.15) is 29.2 Å². The Morgan fingerprint density at radius 3 is 2.51 bits per heavy atom. The van der Waals surface area contributed by atoms with Crippen LogP contribution < -0.4 is 15.8 Å². The second kappa shape index (κ2) is 12.4. The first-order valence-electron chi connectivity index (χ1n) is 12.2. The summed E-state index contributed by atoms with van der Waals surface area (Å²) in [5, 5.41) is 17.0. The summed E-state index contributed by atoms with van der Waals surface area (Å²) in [6.07, 6.45) is -2.35. The Hall–Kier alpha value is -4.44. The number of pyridine rings is 1. The third-order valence-electron chi connectivity index (χ3n) is 6.25. The predicted molar refractivity (Wildman–Crippen MR) is 136 cm³/mol. The van der Waals surface area contributed by atoms with Gasteiger partial charge in [0.25, 0.3) is 5.56 Å². The number of nitriles is 1. The number of benzene rings is 1. The first-order chi connectivity index (χ1) is 18.8. The molecule has 0 spiro atoms. The molecule has 39 heavy (non-hydrogen) atoms. The second-order valence-electron chi connectivity index (χ2n) is 8.80. The van der Waals surface area contributed by atoms with Crippen LogP contribution in [0.15, 0.2) is 59.7 Å². The number of nitrogens with zero attached hydrogens (tertiary/aromatic N) is 5. The summed E-state index contributed by atoms with van der Waals surface area (Å²) in [4.78, 5) is 32.6. The van der Waals surface area contributed by atoms with E-state index in [4.69, 9.17) is 10.00 Å². The molecule has 1 atom stereocenters. The van der Waals surface area contributed by atoms with E-state index in [9.17, 15) is 22.8 Å². The summed E-state index contributed by atoms with van der Waals surface area (Å²) in [5.41, 5.74) is -2.06. The molecule has 0 radical (unpaired) electrons. The fourth-order valence-electron chi connectivity index (χ4n) is 4.23. The van der Waals surface area contributed by atoms with Crippen molar-refractivity contribution >= 4 is 17.4 Å². The standard InChI is InChI=1S/C26H26F3N7O3/c27-26(28,29)24-20(16-32-34-25(24)38)33-21(19-4-2-1-3-5-19)17-39-13-8-23(37)36-11-9-35(10-12-36)22-7-6-18(14-30)15-31-22/h1-7,15-16,21H,8-13,17H2,(H2,33,34,38)/t21-/m0/s1. The van der Waals surface area contributed by atoms with Crippen LogP contribution in [0.5, 0.6) is 0 Å². The molecule has 1 fully saturated rings.